The Morgan fingerprint density at radius 2 is 2.00 bits per heavy atom. The third kappa shape index (κ3) is 4.30. The van der Waals surface area contributed by atoms with E-state index in [9.17, 15) is 4.79 Å². The van der Waals surface area contributed by atoms with Crippen molar-refractivity contribution in [2.75, 3.05) is 20.1 Å². The molecule has 0 unspecified atom stereocenters. The summed E-state index contributed by atoms with van der Waals surface area (Å²) in [5.41, 5.74) is 9.54. The van der Waals surface area contributed by atoms with Crippen molar-refractivity contribution in [3.63, 3.8) is 0 Å². The highest BCUT2D eigenvalue weighted by Crippen LogP contribution is 2.22. The van der Waals surface area contributed by atoms with Gasteiger partial charge < -0.3 is 16.0 Å². The summed E-state index contributed by atoms with van der Waals surface area (Å²) in [6.45, 7) is 2.34. The lowest BCUT2D eigenvalue weighted by Crippen LogP contribution is -2.43. The summed E-state index contributed by atoms with van der Waals surface area (Å²) in [7, 11) is 1.79. The highest BCUT2D eigenvalue weighted by Gasteiger charge is 2.16. The molecule has 0 saturated carbocycles. The molecule has 2 aromatic rings. The Balaban J connectivity index is 1.61. The van der Waals surface area contributed by atoms with Crippen LogP contribution in [0.5, 0.6) is 0 Å². The van der Waals surface area contributed by atoms with Crippen LogP contribution in [0.4, 0.5) is 0 Å². The van der Waals surface area contributed by atoms with Crippen molar-refractivity contribution in [3.05, 3.63) is 77.4 Å². The number of aliphatic imine (C=N–C) groups is 1. The fourth-order valence-electron chi connectivity index (χ4n) is 3.12. The number of rotatable bonds is 4. The largest absolute Gasteiger partial charge is 0.366 e. The molecule has 1 aliphatic rings. The average molecular weight is 348 g/mol. The Labute approximate surface area is 154 Å². The molecule has 0 radical (unpaired) electrons. The van der Waals surface area contributed by atoms with Gasteiger partial charge in [-0.3, -0.25) is 9.79 Å². The average Bonchev–Trinajstić information content (AvgIpc) is 2.70. The van der Waals surface area contributed by atoms with Crippen molar-refractivity contribution < 1.29 is 4.79 Å². The maximum atomic E-state index is 11.3. The molecule has 26 heavy (non-hydrogen) atoms. The Morgan fingerprint density at radius 1 is 1.19 bits per heavy atom. The highest BCUT2D eigenvalue weighted by atomic mass is 16.1. The Bertz CT molecular complexity index is 827. The molecule has 5 heteroatoms. The van der Waals surface area contributed by atoms with Gasteiger partial charge in [0, 0.05) is 32.2 Å². The van der Waals surface area contributed by atoms with Gasteiger partial charge in [0.1, 0.15) is 0 Å². The number of primary amides is 1. The molecule has 0 atom stereocenters. The minimum Gasteiger partial charge on any atom is -0.366 e. The number of hydrogen-bond donors (Lipinski definition) is 2. The van der Waals surface area contributed by atoms with E-state index in [0.29, 0.717) is 12.1 Å². The second-order valence-electron chi connectivity index (χ2n) is 6.26. The number of nitrogens with two attached hydrogens (primary N) is 1. The van der Waals surface area contributed by atoms with Crippen LogP contribution in [0, 0.1) is 0 Å². The maximum Gasteiger partial charge on any atom is 0.248 e. The van der Waals surface area contributed by atoms with E-state index in [-0.39, 0.29) is 0 Å². The lowest BCUT2D eigenvalue weighted by molar-refractivity contribution is 0.1000. The van der Waals surface area contributed by atoms with Crippen molar-refractivity contribution in [2.45, 2.75) is 13.0 Å². The Morgan fingerprint density at radius 3 is 2.65 bits per heavy atom. The molecule has 0 aliphatic carbocycles. The monoisotopic (exact) mass is 348 g/mol. The number of nitrogens with zero attached hydrogens (tertiary/aromatic N) is 2. The van der Waals surface area contributed by atoms with Crippen molar-refractivity contribution in [3.8, 4) is 0 Å². The predicted octanol–water partition coefficient (Wildman–Crippen LogP) is 2.65. The molecular weight excluding hydrogens is 324 g/mol. The van der Waals surface area contributed by atoms with Gasteiger partial charge in [-0.1, -0.05) is 48.5 Å². The van der Waals surface area contributed by atoms with Gasteiger partial charge in [-0.15, -0.1) is 0 Å². The summed E-state index contributed by atoms with van der Waals surface area (Å²) in [6, 6.07) is 17.8. The molecule has 2 aromatic carbocycles. The van der Waals surface area contributed by atoms with Crippen LogP contribution in [-0.4, -0.2) is 36.9 Å². The molecule has 5 nitrogen and oxygen atoms in total. The molecule has 0 fully saturated rings. The van der Waals surface area contributed by atoms with E-state index in [4.69, 9.17) is 5.73 Å². The lowest BCUT2D eigenvalue weighted by atomic mass is 10.00. The molecule has 0 saturated heterocycles. The fourth-order valence-corrected chi connectivity index (χ4v) is 3.12. The van der Waals surface area contributed by atoms with Crippen LogP contribution in [-0.2, 0) is 6.54 Å². The molecule has 1 heterocycles. The zero-order valence-electron chi connectivity index (χ0n) is 15.0. The summed E-state index contributed by atoms with van der Waals surface area (Å²) in [5, 5.41) is 3.37. The first-order chi connectivity index (χ1) is 12.7. The number of hydrogen-bond acceptors (Lipinski definition) is 2. The van der Waals surface area contributed by atoms with E-state index in [1.54, 1.807) is 13.1 Å². The maximum absolute atomic E-state index is 11.3. The zero-order valence-corrected chi connectivity index (χ0v) is 15.0. The quantitative estimate of drug-likeness (QED) is 0.659. The summed E-state index contributed by atoms with van der Waals surface area (Å²) in [5.74, 6) is 0.448. The molecule has 134 valence electrons. The van der Waals surface area contributed by atoms with Crippen LogP contribution in [0.25, 0.3) is 5.57 Å². The van der Waals surface area contributed by atoms with E-state index in [2.05, 4.69) is 45.6 Å². The summed E-state index contributed by atoms with van der Waals surface area (Å²) >= 11 is 0. The van der Waals surface area contributed by atoms with Crippen LogP contribution in [0.1, 0.15) is 27.9 Å². The Kier molecular flexibility index (Phi) is 5.69. The lowest BCUT2D eigenvalue weighted by Gasteiger charge is -2.30. The van der Waals surface area contributed by atoms with E-state index >= 15 is 0 Å². The fraction of sp³-hybridized carbons (Fsp3) is 0.238. The van der Waals surface area contributed by atoms with Crippen LogP contribution in [0.3, 0.4) is 0 Å². The number of carbonyl (C=O) groups excluding carboxylic acids is 1. The standard InChI is InChI=1S/C21H24N4O/c1-23-21(24-15-16-6-5-9-19(14-16)20(22)26)25-12-10-18(11-13-25)17-7-3-2-4-8-17/h2-10,14H,11-13,15H2,1H3,(H2,22,26)(H,23,24). The van der Waals surface area contributed by atoms with Crippen LogP contribution in [0.2, 0.25) is 0 Å². The molecular formula is C21H24N4O. The van der Waals surface area contributed by atoms with Crippen molar-refractivity contribution >= 4 is 17.4 Å². The van der Waals surface area contributed by atoms with Gasteiger partial charge in [-0.05, 0) is 35.3 Å². The normalized spacial score (nSPS) is 14.7. The first-order valence-electron chi connectivity index (χ1n) is 8.76. The molecule has 0 aromatic heterocycles. The van der Waals surface area contributed by atoms with E-state index in [1.807, 2.05) is 24.3 Å². The van der Waals surface area contributed by atoms with E-state index < -0.39 is 5.91 Å². The van der Waals surface area contributed by atoms with Crippen molar-refractivity contribution in [1.29, 1.82) is 0 Å². The van der Waals surface area contributed by atoms with Crippen molar-refractivity contribution in [1.82, 2.24) is 10.2 Å². The second kappa shape index (κ2) is 8.34. The van der Waals surface area contributed by atoms with Gasteiger partial charge in [0.2, 0.25) is 5.91 Å². The Hall–Kier alpha value is -3.08. The number of benzene rings is 2. The van der Waals surface area contributed by atoms with Gasteiger partial charge in [-0.25, -0.2) is 0 Å². The second-order valence-corrected chi connectivity index (χ2v) is 6.26. The highest BCUT2D eigenvalue weighted by molar-refractivity contribution is 5.92. The predicted molar refractivity (Wildman–Crippen MR) is 106 cm³/mol. The molecule has 0 bridgehead atoms. The van der Waals surface area contributed by atoms with Gasteiger partial charge in [0.05, 0.1) is 0 Å². The third-order valence-electron chi connectivity index (χ3n) is 4.53. The summed E-state index contributed by atoms with van der Waals surface area (Å²) < 4.78 is 0. The molecule has 0 spiro atoms. The van der Waals surface area contributed by atoms with Gasteiger partial charge >= 0.3 is 0 Å². The first-order valence-corrected chi connectivity index (χ1v) is 8.76. The molecule has 1 amide bonds. The SMILES string of the molecule is CN=C(NCc1cccc(C(N)=O)c1)N1CC=C(c2ccccc2)CC1. The topological polar surface area (TPSA) is 70.7 Å². The molecule has 1 aliphatic heterocycles. The minimum absolute atomic E-state index is 0.411. The summed E-state index contributed by atoms with van der Waals surface area (Å²) in [6.07, 6.45) is 3.25. The first kappa shape index (κ1) is 17.7. The molecule has 3 rings (SSSR count). The van der Waals surface area contributed by atoms with Gasteiger partial charge in [0.15, 0.2) is 5.96 Å². The minimum atomic E-state index is -0.411. The zero-order chi connectivity index (χ0) is 18.4. The van der Waals surface area contributed by atoms with Gasteiger partial charge in [-0.2, -0.15) is 0 Å². The van der Waals surface area contributed by atoms with Gasteiger partial charge in [0.25, 0.3) is 0 Å². The van der Waals surface area contributed by atoms with Crippen LogP contribution >= 0.6 is 0 Å². The number of nitrogens with one attached hydrogen (secondary N) is 1. The van der Waals surface area contributed by atoms with Crippen LogP contribution in [0.15, 0.2) is 65.7 Å². The van der Waals surface area contributed by atoms with Crippen molar-refractivity contribution in [2.24, 2.45) is 10.7 Å². The number of carbonyl (C=O) groups is 1. The smallest absolute Gasteiger partial charge is 0.248 e. The van der Waals surface area contributed by atoms with E-state index in [0.717, 1.165) is 31.0 Å². The molecule has 3 N–H and O–H groups in total. The number of amides is 1. The van der Waals surface area contributed by atoms with E-state index in [1.165, 1.54) is 11.1 Å². The summed E-state index contributed by atoms with van der Waals surface area (Å²) in [4.78, 5) is 17.9. The van der Waals surface area contributed by atoms with Crippen LogP contribution < -0.4 is 11.1 Å². The number of guanidine groups is 1. The third-order valence-corrected chi connectivity index (χ3v) is 4.53.